The zero-order valence-corrected chi connectivity index (χ0v) is 16.7. The van der Waals surface area contributed by atoms with Gasteiger partial charge in [0.2, 0.25) is 5.91 Å². The molecular formula is C22H25ClN2O3. The van der Waals surface area contributed by atoms with E-state index in [4.69, 9.17) is 16.3 Å². The van der Waals surface area contributed by atoms with Crippen LogP contribution >= 0.6 is 11.6 Å². The summed E-state index contributed by atoms with van der Waals surface area (Å²) in [5, 5.41) is 3.52. The van der Waals surface area contributed by atoms with Crippen LogP contribution in [0.3, 0.4) is 0 Å². The van der Waals surface area contributed by atoms with Crippen LogP contribution in [0.25, 0.3) is 0 Å². The molecule has 2 amide bonds. The van der Waals surface area contributed by atoms with Gasteiger partial charge in [-0.1, -0.05) is 35.4 Å². The molecule has 0 bridgehead atoms. The molecule has 2 aromatic rings. The fourth-order valence-electron chi connectivity index (χ4n) is 3.30. The lowest BCUT2D eigenvalue weighted by Gasteiger charge is -2.32. The molecule has 0 radical (unpaired) electrons. The van der Waals surface area contributed by atoms with Crippen molar-refractivity contribution < 1.29 is 14.3 Å². The van der Waals surface area contributed by atoms with E-state index in [1.807, 2.05) is 43.3 Å². The van der Waals surface area contributed by atoms with E-state index >= 15 is 0 Å². The summed E-state index contributed by atoms with van der Waals surface area (Å²) in [6.45, 7) is 3.91. The fraction of sp³-hybridized carbons (Fsp3) is 0.364. The minimum Gasteiger partial charge on any atom is -0.492 e. The summed E-state index contributed by atoms with van der Waals surface area (Å²) in [6.07, 6.45) is 1.62. The van der Waals surface area contributed by atoms with Crippen LogP contribution in [0, 0.1) is 12.8 Å². The van der Waals surface area contributed by atoms with Crippen LogP contribution in [0.1, 0.15) is 28.8 Å². The Bertz CT molecular complexity index is 823. The fourth-order valence-corrected chi connectivity index (χ4v) is 3.48. The summed E-state index contributed by atoms with van der Waals surface area (Å²) in [5.41, 5.74) is 1.79. The lowest BCUT2D eigenvalue weighted by atomic mass is 9.96. The number of amides is 2. The van der Waals surface area contributed by atoms with E-state index in [-0.39, 0.29) is 17.7 Å². The van der Waals surface area contributed by atoms with Crippen molar-refractivity contribution in [3.63, 3.8) is 0 Å². The number of ether oxygens (including phenoxy) is 1. The van der Waals surface area contributed by atoms with Crippen molar-refractivity contribution in [3.8, 4) is 5.75 Å². The van der Waals surface area contributed by atoms with Gasteiger partial charge in [-0.25, -0.2) is 0 Å². The zero-order valence-electron chi connectivity index (χ0n) is 16.0. The van der Waals surface area contributed by atoms with E-state index in [9.17, 15) is 9.59 Å². The van der Waals surface area contributed by atoms with Crippen molar-refractivity contribution in [2.24, 2.45) is 5.92 Å². The van der Waals surface area contributed by atoms with E-state index < -0.39 is 0 Å². The highest BCUT2D eigenvalue weighted by Gasteiger charge is 2.28. The molecule has 1 fully saturated rings. The highest BCUT2D eigenvalue weighted by atomic mass is 35.5. The Morgan fingerprint density at radius 2 is 2.00 bits per heavy atom. The first-order chi connectivity index (χ1) is 13.5. The summed E-state index contributed by atoms with van der Waals surface area (Å²) < 4.78 is 5.59. The predicted octanol–water partition coefficient (Wildman–Crippen LogP) is 3.70. The lowest BCUT2D eigenvalue weighted by Crippen LogP contribution is -2.46. The number of nitrogens with zero attached hydrogens (tertiary/aromatic N) is 1. The third-order valence-corrected chi connectivity index (χ3v) is 5.08. The number of piperidine rings is 1. The van der Waals surface area contributed by atoms with Gasteiger partial charge in [0.15, 0.2) is 0 Å². The zero-order chi connectivity index (χ0) is 19.9. The Morgan fingerprint density at radius 3 is 2.75 bits per heavy atom. The first kappa shape index (κ1) is 20.2. The average Bonchev–Trinajstić information content (AvgIpc) is 2.71. The first-order valence-electron chi connectivity index (χ1n) is 9.55. The SMILES string of the molecule is Cc1ccc(C(=O)N2CCCC(C(=O)NCCOc3cccc(Cl)c3)C2)cc1. The van der Waals surface area contributed by atoms with Gasteiger partial charge >= 0.3 is 0 Å². The molecule has 148 valence electrons. The van der Waals surface area contributed by atoms with Gasteiger partial charge in [0.05, 0.1) is 12.5 Å². The van der Waals surface area contributed by atoms with Gasteiger partial charge in [-0.3, -0.25) is 9.59 Å². The Hall–Kier alpha value is -2.53. The minimum absolute atomic E-state index is 0.0122. The number of halogens is 1. The number of nitrogens with one attached hydrogen (secondary N) is 1. The molecule has 0 spiro atoms. The van der Waals surface area contributed by atoms with Crippen LogP contribution in [-0.4, -0.2) is 43.0 Å². The van der Waals surface area contributed by atoms with Crippen LogP contribution in [0.5, 0.6) is 5.75 Å². The summed E-state index contributed by atoms with van der Waals surface area (Å²) in [5.74, 6) is 0.446. The second-order valence-electron chi connectivity index (χ2n) is 7.05. The van der Waals surface area contributed by atoms with Crippen molar-refractivity contribution >= 4 is 23.4 Å². The van der Waals surface area contributed by atoms with Crippen LogP contribution in [-0.2, 0) is 4.79 Å². The second-order valence-corrected chi connectivity index (χ2v) is 7.49. The number of benzene rings is 2. The Labute approximate surface area is 170 Å². The molecule has 3 rings (SSSR count). The molecule has 1 unspecified atom stereocenters. The minimum atomic E-state index is -0.186. The van der Waals surface area contributed by atoms with Crippen LogP contribution in [0.15, 0.2) is 48.5 Å². The molecule has 1 aliphatic rings. The third kappa shape index (κ3) is 5.49. The molecule has 1 atom stereocenters. The summed E-state index contributed by atoms with van der Waals surface area (Å²) in [7, 11) is 0. The number of carbonyl (C=O) groups is 2. The monoisotopic (exact) mass is 400 g/mol. The maximum Gasteiger partial charge on any atom is 0.253 e. The van der Waals surface area contributed by atoms with Crippen LogP contribution in [0.4, 0.5) is 0 Å². The molecule has 1 aliphatic heterocycles. The van der Waals surface area contributed by atoms with Crippen molar-refractivity contribution in [3.05, 3.63) is 64.7 Å². The quantitative estimate of drug-likeness (QED) is 0.752. The smallest absolute Gasteiger partial charge is 0.253 e. The average molecular weight is 401 g/mol. The molecule has 0 saturated carbocycles. The van der Waals surface area contributed by atoms with Gasteiger partial charge in [-0.15, -0.1) is 0 Å². The number of hydrogen-bond donors (Lipinski definition) is 1. The predicted molar refractivity (Wildman–Crippen MR) is 110 cm³/mol. The molecule has 1 saturated heterocycles. The molecule has 6 heteroatoms. The maximum atomic E-state index is 12.7. The molecule has 28 heavy (non-hydrogen) atoms. The second kappa shape index (κ2) is 9.60. The van der Waals surface area contributed by atoms with Crippen molar-refractivity contribution in [1.29, 1.82) is 0 Å². The van der Waals surface area contributed by atoms with Crippen molar-refractivity contribution in [2.45, 2.75) is 19.8 Å². The number of hydrogen-bond acceptors (Lipinski definition) is 3. The normalized spacial score (nSPS) is 16.5. The number of aryl methyl sites for hydroxylation is 1. The van der Waals surface area contributed by atoms with Crippen LogP contribution in [0.2, 0.25) is 5.02 Å². The highest BCUT2D eigenvalue weighted by Crippen LogP contribution is 2.19. The molecule has 0 aliphatic carbocycles. The Balaban J connectivity index is 1.46. The van der Waals surface area contributed by atoms with E-state index in [2.05, 4.69) is 5.32 Å². The van der Waals surface area contributed by atoms with E-state index in [0.29, 0.717) is 42.6 Å². The van der Waals surface area contributed by atoms with Crippen LogP contribution < -0.4 is 10.1 Å². The lowest BCUT2D eigenvalue weighted by molar-refractivity contribution is -0.126. The molecule has 5 nitrogen and oxygen atoms in total. The van der Waals surface area contributed by atoms with Gasteiger partial charge in [0.1, 0.15) is 12.4 Å². The Kier molecular flexibility index (Phi) is 6.93. The van der Waals surface area contributed by atoms with E-state index in [0.717, 1.165) is 18.4 Å². The van der Waals surface area contributed by atoms with E-state index in [1.165, 1.54) is 0 Å². The van der Waals surface area contributed by atoms with Gasteiger partial charge in [-0.05, 0) is 50.1 Å². The van der Waals surface area contributed by atoms with Gasteiger partial charge in [-0.2, -0.15) is 0 Å². The highest BCUT2D eigenvalue weighted by molar-refractivity contribution is 6.30. The van der Waals surface area contributed by atoms with Gasteiger partial charge in [0.25, 0.3) is 5.91 Å². The third-order valence-electron chi connectivity index (χ3n) is 4.84. The van der Waals surface area contributed by atoms with E-state index in [1.54, 1.807) is 17.0 Å². The van der Waals surface area contributed by atoms with Crippen molar-refractivity contribution in [2.75, 3.05) is 26.2 Å². The maximum absolute atomic E-state index is 12.7. The number of rotatable bonds is 6. The first-order valence-corrected chi connectivity index (χ1v) is 9.93. The largest absolute Gasteiger partial charge is 0.492 e. The number of carbonyl (C=O) groups excluding carboxylic acids is 2. The summed E-state index contributed by atoms with van der Waals surface area (Å²) in [6, 6.07) is 14.7. The summed E-state index contributed by atoms with van der Waals surface area (Å²) in [4.78, 5) is 27.0. The molecule has 2 aromatic carbocycles. The standard InChI is InChI=1S/C22H25ClN2O3/c1-16-7-9-17(10-8-16)22(27)25-12-3-4-18(15-25)21(26)24-11-13-28-20-6-2-5-19(23)14-20/h2,5-10,14,18H,3-4,11-13,15H2,1H3,(H,24,26). The number of likely N-dealkylation sites (tertiary alicyclic amines) is 1. The van der Waals surface area contributed by atoms with Gasteiger partial charge in [0, 0.05) is 23.7 Å². The van der Waals surface area contributed by atoms with Crippen molar-refractivity contribution in [1.82, 2.24) is 10.2 Å². The molecule has 0 aromatic heterocycles. The Morgan fingerprint density at radius 1 is 1.21 bits per heavy atom. The molecular weight excluding hydrogens is 376 g/mol. The van der Waals surface area contributed by atoms with Gasteiger partial charge < -0.3 is 15.0 Å². The topological polar surface area (TPSA) is 58.6 Å². The molecule has 1 N–H and O–H groups in total. The molecule has 1 heterocycles. The summed E-state index contributed by atoms with van der Waals surface area (Å²) >= 11 is 5.92.